The topological polar surface area (TPSA) is 64.4 Å². The van der Waals surface area contributed by atoms with Crippen molar-refractivity contribution in [1.29, 1.82) is 0 Å². The van der Waals surface area contributed by atoms with Crippen molar-refractivity contribution in [2.45, 2.75) is 20.5 Å². The summed E-state index contributed by atoms with van der Waals surface area (Å²) in [5.41, 5.74) is 1.75. The average Bonchev–Trinajstić information content (AvgIpc) is 2.80. The molecule has 0 radical (unpaired) electrons. The van der Waals surface area contributed by atoms with Crippen molar-refractivity contribution >= 4 is 33.2 Å². The minimum Gasteiger partial charge on any atom is -0.485 e. The molecule has 0 spiro atoms. The van der Waals surface area contributed by atoms with Gasteiger partial charge < -0.3 is 9.84 Å². The Morgan fingerprint density at radius 1 is 1.58 bits per heavy atom. The molecule has 0 aliphatic rings. The zero-order valence-corrected chi connectivity index (χ0v) is 13.1. The summed E-state index contributed by atoms with van der Waals surface area (Å²) in [4.78, 5) is 12.2. The number of carboxylic acids is 1. The second-order valence-corrected chi connectivity index (χ2v) is 6.16. The minimum absolute atomic E-state index is 0.229. The number of halogens is 1. The first kappa shape index (κ1) is 14.1. The Morgan fingerprint density at radius 3 is 2.79 bits per heavy atom. The molecule has 2 aromatic heterocycles. The average molecular weight is 345 g/mol. The molecule has 0 unspecified atom stereocenters. The van der Waals surface area contributed by atoms with Gasteiger partial charge in [-0.25, -0.2) is 4.79 Å². The van der Waals surface area contributed by atoms with Gasteiger partial charge in [-0.3, -0.25) is 4.68 Å². The predicted molar refractivity (Wildman–Crippen MR) is 76.0 cm³/mol. The largest absolute Gasteiger partial charge is 0.485 e. The van der Waals surface area contributed by atoms with Crippen molar-refractivity contribution in [1.82, 2.24) is 9.78 Å². The van der Waals surface area contributed by atoms with Gasteiger partial charge in [0.1, 0.15) is 12.4 Å². The van der Waals surface area contributed by atoms with Gasteiger partial charge in [0, 0.05) is 11.9 Å². The standard InChI is InChI=1S/C12H13BrN2O3S/c1-6-4-9(11(19-6)12(16)17)18-5-8-10(13)7(2)14-15(8)3/h4H,5H2,1-3H3,(H,16,17). The molecule has 7 heteroatoms. The number of nitrogens with zero attached hydrogens (tertiary/aromatic N) is 2. The molecule has 0 bridgehead atoms. The van der Waals surface area contributed by atoms with Crippen LogP contribution in [0.1, 0.15) is 25.9 Å². The number of carboxylic acid groups (broad SMARTS) is 1. The Bertz CT molecular complexity index is 633. The number of aryl methyl sites for hydroxylation is 3. The van der Waals surface area contributed by atoms with E-state index in [1.54, 1.807) is 10.7 Å². The summed E-state index contributed by atoms with van der Waals surface area (Å²) in [6, 6.07) is 1.74. The van der Waals surface area contributed by atoms with E-state index in [4.69, 9.17) is 9.84 Å². The maximum atomic E-state index is 11.1. The monoisotopic (exact) mass is 344 g/mol. The highest BCUT2D eigenvalue weighted by Crippen LogP contribution is 2.30. The van der Waals surface area contributed by atoms with Crippen molar-refractivity contribution in [3.63, 3.8) is 0 Å². The van der Waals surface area contributed by atoms with Crippen LogP contribution in [0.4, 0.5) is 0 Å². The summed E-state index contributed by atoms with van der Waals surface area (Å²) < 4.78 is 8.23. The van der Waals surface area contributed by atoms with E-state index in [0.29, 0.717) is 5.75 Å². The quantitative estimate of drug-likeness (QED) is 0.925. The van der Waals surface area contributed by atoms with Gasteiger partial charge in [-0.05, 0) is 35.8 Å². The van der Waals surface area contributed by atoms with Gasteiger partial charge in [0.25, 0.3) is 0 Å². The molecule has 0 atom stereocenters. The van der Waals surface area contributed by atoms with Gasteiger partial charge in [-0.1, -0.05) is 0 Å². The van der Waals surface area contributed by atoms with Crippen LogP contribution in [0.3, 0.4) is 0 Å². The molecule has 102 valence electrons. The Hall–Kier alpha value is -1.34. The molecule has 1 N–H and O–H groups in total. The maximum Gasteiger partial charge on any atom is 0.349 e. The first-order valence-electron chi connectivity index (χ1n) is 5.54. The van der Waals surface area contributed by atoms with E-state index >= 15 is 0 Å². The van der Waals surface area contributed by atoms with Crippen LogP contribution in [0.5, 0.6) is 5.75 Å². The van der Waals surface area contributed by atoms with Crippen LogP contribution in [0.25, 0.3) is 0 Å². The van der Waals surface area contributed by atoms with Crippen LogP contribution < -0.4 is 4.74 Å². The van der Waals surface area contributed by atoms with E-state index < -0.39 is 5.97 Å². The van der Waals surface area contributed by atoms with Crippen LogP contribution >= 0.6 is 27.3 Å². The zero-order valence-electron chi connectivity index (χ0n) is 10.7. The summed E-state index contributed by atoms with van der Waals surface area (Å²) in [5.74, 6) is -0.561. The Kier molecular flexibility index (Phi) is 3.96. The molecule has 0 saturated carbocycles. The Balaban J connectivity index is 2.21. The summed E-state index contributed by atoms with van der Waals surface area (Å²) >= 11 is 4.66. The number of thiophene rings is 1. The molecule has 0 aliphatic carbocycles. The van der Waals surface area contributed by atoms with Gasteiger partial charge in [0.05, 0.1) is 15.9 Å². The van der Waals surface area contributed by atoms with Crippen molar-refractivity contribution in [2.75, 3.05) is 0 Å². The summed E-state index contributed by atoms with van der Waals surface area (Å²) in [6.45, 7) is 4.02. The molecule has 0 amide bonds. The predicted octanol–water partition coefficient (Wildman–Crippen LogP) is 3.14. The van der Waals surface area contributed by atoms with E-state index in [1.165, 1.54) is 11.3 Å². The van der Waals surface area contributed by atoms with Crippen molar-refractivity contribution < 1.29 is 14.6 Å². The number of rotatable bonds is 4. The van der Waals surface area contributed by atoms with Crippen LogP contribution in [0.15, 0.2) is 10.5 Å². The number of hydrogen-bond acceptors (Lipinski definition) is 4. The fraction of sp³-hybridized carbons (Fsp3) is 0.333. The molecule has 5 nitrogen and oxygen atoms in total. The minimum atomic E-state index is -0.964. The Morgan fingerprint density at radius 2 is 2.26 bits per heavy atom. The molecular formula is C12H13BrN2O3S. The third-order valence-corrected chi connectivity index (χ3v) is 4.69. The van der Waals surface area contributed by atoms with Crippen LogP contribution in [-0.2, 0) is 13.7 Å². The van der Waals surface area contributed by atoms with Gasteiger partial charge in [0.2, 0.25) is 0 Å². The van der Waals surface area contributed by atoms with Crippen molar-refractivity contribution in [2.24, 2.45) is 7.05 Å². The highest BCUT2D eigenvalue weighted by atomic mass is 79.9. The lowest BCUT2D eigenvalue weighted by atomic mass is 10.3. The lowest BCUT2D eigenvalue weighted by Gasteiger charge is -2.06. The molecule has 0 aliphatic heterocycles. The normalized spacial score (nSPS) is 10.7. The molecule has 2 heterocycles. The third-order valence-electron chi connectivity index (χ3n) is 2.64. The lowest BCUT2D eigenvalue weighted by Crippen LogP contribution is -2.05. The molecule has 2 rings (SSSR count). The fourth-order valence-corrected chi connectivity index (χ4v) is 2.97. The van der Waals surface area contributed by atoms with E-state index in [1.807, 2.05) is 20.9 Å². The number of hydrogen-bond donors (Lipinski definition) is 1. The van der Waals surface area contributed by atoms with Crippen LogP contribution in [0.2, 0.25) is 0 Å². The molecule has 19 heavy (non-hydrogen) atoms. The second kappa shape index (κ2) is 5.34. The second-order valence-electron chi connectivity index (χ2n) is 4.11. The van der Waals surface area contributed by atoms with Gasteiger partial charge in [-0.15, -0.1) is 11.3 Å². The molecule has 2 aromatic rings. The van der Waals surface area contributed by atoms with Crippen molar-refractivity contribution in [3.8, 4) is 5.75 Å². The number of aromatic nitrogens is 2. The smallest absolute Gasteiger partial charge is 0.349 e. The van der Waals surface area contributed by atoms with E-state index in [9.17, 15) is 4.79 Å². The zero-order chi connectivity index (χ0) is 14.2. The van der Waals surface area contributed by atoms with Crippen molar-refractivity contribution in [3.05, 3.63) is 31.7 Å². The SMILES string of the molecule is Cc1cc(OCc2c(Br)c(C)nn2C)c(C(=O)O)s1. The molecule has 0 saturated heterocycles. The van der Waals surface area contributed by atoms with E-state index in [2.05, 4.69) is 21.0 Å². The summed E-state index contributed by atoms with van der Waals surface area (Å²) in [7, 11) is 1.83. The maximum absolute atomic E-state index is 11.1. The summed E-state index contributed by atoms with van der Waals surface area (Å²) in [6.07, 6.45) is 0. The van der Waals surface area contributed by atoms with E-state index in [0.717, 1.165) is 20.7 Å². The third kappa shape index (κ3) is 2.82. The van der Waals surface area contributed by atoms with Gasteiger partial charge in [0.15, 0.2) is 4.88 Å². The highest BCUT2D eigenvalue weighted by molar-refractivity contribution is 9.10. The first-order chi connectivity index (χ1) is 8.90. The number of aromatic carboxylic acids is 1. The van der Waals surface area contributed by atoms with Gasteiger partial charge in [-0.2, -0.15) is 5.10 Å². The fourth-order valence-electron chi connectivity index (χ4n) is 1.73. The van der Waals surface area contributed by atoms with Crippen LogP contribution in [0, 0.1) is 13.8 Å². The molecule has 0 fully saturated rings. The molecular weight excluding hydrogens is 332 g/mol. The highest BCUT2D eigenvalue weighted by Gasteiger charge is 2.17. The summed E-state index contributed by atoms with van der Waals surface area (Å²) in [5, 5.41) is 13.4. The van der Waals surface area contributed by atoms with E-state index in [-0.39, 0.29) is 11.5 Å². The lowest BCUT2D eigenvalue weighted by molar-refractivity contribution is 0.0697. The number of ether oxygens (including phenoxy) is 1. The first-order valence-corrected chi connectivity index (χ1v) is 7.15. The Labute approximate surface area is 122 Å². The molecule has 0 aromatic carbocycles. The van der Waals surface area contributed by atoms with Gasteiger partial charge >= 0.3 is 5.97 Å². The number of carbonyl (C=O) groups is 1. The van der Waals surface area contributed by atoms with Crippen LogP contribution in [-0.4, -0.2) is 20.9 Å².